The molecule has 0 fully saturated rings. The second-order valence-electron chi connectivity index (χ2n) is 3.61. The molecule has 0 aliphatic heterocycles. The highest BCUT2D eigenvalue weighted by Gasteiger charge is 2.36. The van der Waals surface area contributed by atoms with Crippen LogP contribution >= 0.6 is 11.6 Å². The van der Waals surface area contributed by atoms with Gasteiger partial charge in [0.05, 0.1) is 5.02 Å². The molecule has 0 atom stereocenters. The molecule has 96 valence electrons. The van der Waals surface area contributed by atoms with Crippen LogP contribution < -0.4 is 0 Å². The smallest absolute Gasteiger partial charge is 0.236 e. The SMILES string of the molecule is CCc1cn(-c2ncccc2Cl)nc1C(F)(F)F. The van der Waals surface area contributed by atoms with Crippen LogP contribution in [0.2, 0.25) is 5.02 Å². The average Bonchev–Trinajstić information content (AvgIpc) is 2.73. The Bertz CT molecular complexity index is 563. The summed E-state index contributed by atoms with van der Waals surface area (Å²) in [5.74, 6) is 0.185. The molecular weight excluding hydrogens is 267 g/mol. The Morgan fingerprint density at radius 3 is 2.61 bits per heavy atom. The van der Waals surface area contributed by atoms with Crippen LogP contribution in [0, 0.1) is 0 Å². The standard InChI is InChI=1S/C11H9ClF3N3/c1-2-7-6-18(17-9(7)11(13,14)15)10-8(12)4-3-5-16-10/h3-6H,2H2,1H3. The van der Waals surface area contributed by atoms with E-state index in [1.165, 1.54) is 12.4 Å². The van der Waals surface area contributed by atoms with E-state index >= 15 is 0 Å². The number of aryl methyl sites for hydroxylation is 1. The predicted molar refractivity (Wildman–Crippen MR) is 60.7 cm³/mol. The summed E-state index contributed by atoms with van der Waals surface area (Å²) in [5.41, 5.74) is -0.782. The van der Waals surface area contributed by atoms with Gasteiger partial charge >= 0.3 is 6.18 Å². The maximum absolute atomic E-state index is 12.7. The van der Waals surface area contributed by atoms with Crippen molar-refractivity contribution < 1.29 is 13.2 Å². The summed E-state index contributed by atoms with van der Waals surface area (Å²) in [5, 5.41) is 3.77. The largest absolute Gasteiger partial charge is 0.435 e. The van der Waals surface area contributed by atoms with Crippen molar-refractivity contribution in [3.05, 3.63) is 40.8 Å². The molecule has 0 N–H and O–H groups in total. The number of alkyl halides is 3. The van der Waals surface area contributed by atoms with Crippen LogP contribution in [0.4, 0.5) is 13.2 Å². The molecule has 0 radical (unpaired) electrons. The summed E-state index contributed by atoms with van der Waals surface area (Å²) < 4.78 is 39.3. The first-order valence-electron chi connectivity index (χ1n) is 5.20. The first kappa shape index (κ1) is 12.9. The van der Waals surface area contributed by atoms with E-state index in [4.69, 9.17) is 11.6 Å². The third-order valence-corrected chi connectivity index (χ3v) is 2.69. The van der Waals surface area contributed by atoms with Crippen LogP contribution in [-0.4, -0.2) is 14.8 Å². The third kappa shape index (κ3) is 2.33. The highest BCUT2D eigenvalue weighted by atomic mass is 35.5. The molecule has 0 amide bonds. The van der Waals surface area contributed by atoms with Gasteiger partial charge in [-0.15, -0.1) is 0 Å². The number of rotatable bonds is 2. The van der Waals surface area contributed by atoms with E-state index in [9.17, 15) is 13.2 Å². The summed E-state index contributed by atoms with van der Waals surface area (Å²) in [6.45, 7) is 1.64. The van der Waals surface area contributed by atoms with Crippen LogP contribution in [0.5, 0.6) is 0 Å². The van der Waals surface area contributed by atoms with Gasteiger partial charge in [0.2, 0.25) is 0 Å². The van der Waals surface area contributed by atoms with Gasteiger partial charge in [0.1, 0.15) is 0 Å². The molecule has 3 nitrogen and oxygen atoms in total. The monoisotopic (exact) mass is 275 g/mol. The molecular formula is C11H9ClF3N3. The van der Waals surface area contributed by atoms with Gasteiger partial charge in [-0.1, -0.05) is 18.5 Å². The van der Waals surface area contributed by atoms with E-state index in [-0.39, 0.29) is 22.8 Å². The lowest BCUT2D eigenvalue weighted by Crippen LogP contribution is -2.09. The molecule has 2 heterocycles. The van der Waals surface area contributed by atoms with Crippen LogP contribution in [0.15, 0.2) is 24.5 Å². The van der Waals surface area contributed by atoms with E-state index in [2.05, 4.69) is 10.1 Å². The van der Waals surface area contributed by atoms with E-state index in [1.807, 2.05) is 0 Å². The highest BCUT2D eigenvalue weighted by Crippen LogP contribution is 2.32. The van der Waals surface area contributed by atoms with E-state index in [1.54, 1.807) is 19.1 Å². The molecule has 2 aromatic heterocycles. The van der Waals surface area contributed by atoms with Crippen LogP contribution in [-0.2, 0) is 12.6 Å². The maximum Gasteiger partial charge on any atom is 0.435 e. The van der Waals surface area contributed by atoms with Crippen LogP contribution in [0.25, 0.3) is 5.82 Å². The molecule has 0 aliphatic carbocycles. The topological polar surface area (TPSA) is 30.7 Å². The van der Waals surface area contributed by atoms with E-state index in [0.29, 0.717) is 0 Å². The number of aromatic nitrogens is 3. The number of hydrogen-bond acceptors (Lipinski definition) is 2. The summed E-state index contributed by atoms with van der Waals surface area (Å²) in [7, 11) is 0. The Morgan fingerprint density at radius 2 is 2.11 bits per heavy atom. The third-order valence-electron chi connectivity index (χ3n) is 2.40. The molecule has 2 rings (SSSR count). The second-order valence-corrected chi connectivity index (χ2v) is 4.01. The number of nitrogens with zero attached hydrogens (tertiary/aromatic N) is 3. The predicted octanol–water partition coefficient (Wildman–Crippen LogP) is 3.50. The van der Waals surface area contributed by atoms with Crippen molar-refractivity contribution in [1.29, 1.82) is 0 Å². The van der Waals surface area contributed by atoms with Crippen molar-refractivity contribution in [2.45, 2.75) is 19.5 Å². The molecule has 0 saturated carbocycles. The molecule has 0 bridgehead atoms. The normalized spacial score (nSPS) is 11.8. The highest BCUT2D eigenvalue weighted by molar-refractivity contribution is 6.32. The molecule has 0 aliphatic rings. The summed E-state index contributed by atoms with van der Waals surface area (Å²) >= 11 is 5.87. The zero-order chi connectivity index (χ0) is 13.3. The number of hydrogen-bond donors (Lipinski definition) is 0. The lowest BCUT2D eigenvalue weighted by atomic mass is 10.2. The van der Waals surface area contributed by atoms with Gasteiger partial charge in [-0.25, -0.2) is 9.67 Å². The Labute approximate surface area is 106 Å². The summed E-state index contributed by atoms with van der Waals surface area (Å²) in [4.78, 5) is 3.92. The fourth-order valence-corrected chi connectivity index (χ4v) is 1.77. The Morgan fingerprint density at radius 1 is 1.39 bits per heavy atom. The lowest BCUT2D eigenvalue weighted by molar-refractivity contribution is -0.141. The van der Waals surface area contributed by atoms with Gasteiger partial charge in [-0.05, 0) is 18.6 Å². The number of pyridine rings is 1. The number of halogens is 4. The van der Waals surface area contributed by atoms with Crippen molar-refractivity contribution >= 4 is 11.6 Å². The van der Waals surface area contributed by atoms with Crippen LogP contribution in [0.1, 0.15) is 18.2 Å². The molecule has 18 heavy (non-hydrogen) atoms. The second kappa shape index (κ2) is 4.61. The molecule has 0 unspecified atom stereocenters. The minimum atomic E-state index is -4.47. The zero-order valence-corrected chi connectivity index (χ0v) is 10.1. The van der Waals surface area contributed by atoms with Crippen molar-refractivity contribution in [1.82, 2.24) is 14.8 Å². The molecule has 7 heteroatoms. The first-order valence-corrected chi connectivity index (χ1v) is 5.58. The van der Waals surface area contributed by atoms with Gasteiger partial charge < -0.3 is 0 Å². The Hall–Kier alpha value is -1.56. The van der Waals surface area contributed by atoms with E-state index < -0.39 is 11.9 Å². The quantitative estimate of drug-likeness (QED) is 0.840. The maximum atomic E-state index is 12.7. The molecule has 2 aromatic rings. The van der Waals surface area contributed by atoms with Crippen molar-refractivity contribution in [3.8, 4) is 5.82 Å². The minimum absolute atomic E-state index is 0.115. The van der Waals surface area contributed by atoms with Gasteiger partial charge in [0.15, 0.2) is 11.5 Å². The molecule has 0 aromatic carbocycles. The van der Waals surface area contributed by atoms with Gasteiger partial charge in [0.25, 0.3) is 0 Å². The summed E-state index contributed by atoms with van der Waals surface area (Å²) in [6, 6.07) is 3.14. The fraction of sp³-hybridized carbons (Fsp3) is 0.273. The fourth-order valence-electron chi connectivity index (χ4n) is 1.56. The first-order chi connectivity index (χ1) is 8.43. The van der Waals surface area contributed by atoms with Crippen molar-refractivity contribution in [3.63, 3.8) is 0 Å². The molecule has 0 saturated heterocycles. The average molecular weight is 276 g/mol. The van der Waals surface area contributed by atoms with E-state index in [0.717, 1.165) is 4.68 Å². The van der Waals surface area contributed by atoms with Crippen molar-refractivity contribution in [2.24, 2.45) is 0 Å². The molecule has 0 spiro atoms. The zero-order valence-electron chi connectivity index (χ0n) is 9.37. The Balaban J connectivity index is 2.55. The Kier molecular flexibility index (Phi) is 3.30. The minimum Gasteiger partial charge on any atom is -0.236 e. The van der Waals surface area contributed by atoms with Crippen molar-refractivity contribution in [2.75, 3.05) is 0 Å². The lowest BCUT2D eigenvalue weighted by Gasteiger charge is -2.04. The van der Waals surface area contributed by atoms with Crippen LogP contribution in [0.3, 0.4) is 0 Å². The summed E-state index contributed by atoms with van der Waals surface area (Å²) in [6.07, 6.45) is -1.49. The van der Waals surface area contributed by atoms with Gasteiger partial charge in [-0.3, -0.25) is 0 Å². The van der Waals surface area contributed by atoms with Gasteiger partial charge in [0, 0.05) is 18.0 Å². The van der Waals surface area contributed by atoms with Gasteiger partial charge in [-0.2, -0.15) is 18.3 Å².